The lowest BCUT2D eigenvalue weighted by atomic mass is 9.89. The Bertz CT molecular complexity index is 475. The molecule has 1 saturated heterocycles. The Morgan fingerprint density at radius 1 is 1.56 bits per heavy atom. The first kappa shape index (κ1) is 12.7. The Hall–Kier alpha value is -1.75. The lowest BCUT2D eigenvalue weighted by Crippen LogP contribution is -2.36. The molecule has 1 aliphatic heterocycles. The summed E-state index contributed by atoms with van der Waals surface area (Å²) >= 11 is 0. The van der Waals surface area contributed by atoms with Crippen LogP contribution in [0.4, 0.5) is 5.69 Å². The average Bonchev–Trinajstić information content (AvgIpc) is 2.67. The van der Waals surface area contributed by atoms with E-state index in [1.165, 1.54) is 0 Å². The van der Waals surface area contributed by atoms with Crippen molar-refractivity contribution in [3.63, 3.8) is 0 Å². The second-order valence-electron chi connectivity index (χ2n) is 5.28. The van der Waals surface area contributed by atoms with Gasteiger partial charge in [-0.1, -0.05) is 6.07 Å². The number of primary amides is 1. The molecule has 1 aromatic rings. The molecule has 1 aromatic carbocycles. The molecule has 0 aliphatic carbocycles. The summed E-state index contributed by atoms with van der Waals surface area (Å²) in [5, 5.41) is 9.36. The van der Waals surface area contributed by atoms with Crippen LogP contribution in [0.25, 0.3) is 0 Å². The number of phenols is 1. The van der Waals surface area contributed by atoms with E-state index in [4.69, 9.17) is 11.5 Å². The van der Waals surface area contributed by atoms with E-state index in [1.54, 1.807) is 12.1 Å². The number of phenolic OH excluding ortho intramolecular Hbond substituents is 1. The maximum absolute atomic E-state index is 11.4. The molecule has 1 atom stereocenters. The van der Waals surface area contributed by atoms with Crippen molar-refractivity contribution in [2.75, 3.05) is 18.8 Å². The summed E-state index contributed by atoms with van der Waals surface area (Å²) in [5.41, 5.74) is 12.0. The Kier molecular flexibility index (Phi) is 3.17. The fourth-order valence-corrected chi connectivity index (χ4v) is 2.35. The minimum Gasteiger partial charge on any atom is -0.506 e. The third-order valence-electron chi connectivity index (χ3n) is 3.65. The molecule has 0 bridgehead atoms. The van der Waals surface area contributed by atoms with Gasteiger partial charge in [-0.15, -0.1) is 0 Å². The van der Waals surface area contributed by atoms with Crippen LogP contribution in [0.15, 0.2) is 18.2 Å². The van der Waals surface area contributed by atoms with Crippen LogP contribution in [0, 0.1) is 5.41 Å². The van der Waals surface area contributed by atoms with Crippen LogP contribution < -0.4 is 11.5 Å². The maximum Gasteiger partial charge on any atom is 0.224 e. The predicted octanol–water partition coefficient (Wildman–Crippen LogP) is 0.672. The van der Waals surface area contributed by atoms with Gasteiger partial charge in [-0.3, -0.25) is 9.69 Å². The number of rotatable bonds is 3. The lowest BCUT2D eigenvalue weighted by Gasteiger charge is -2.21. The van der Waals surface area contributed by atoms with Gasteiger partial charge >= 0.3 is 0 Å². The smallest absolute Gasteiger partial charge is 0.224 e. The highest BCUT2D eigenvalue weighted by molar-refractivity contribution is 5.81. The normalized spacial score (nSPS) is 24.3. The quantitative estimate of drug-likeness (QED) is 0.542. The first-order chi connectivity index (χ1) is 8.40. The second-order valence-corrected chi connectivity index (χ2v) is 5.28. The fraction of sp³-hybridized carbons (Fsp3) is 0.462. The molecule has 1 heterocycles. The van der Waals surface area contributed by atoms with Gasteiger partial charge in [0.15, 0.2) is 0 Å². The van der Waals surface area contributed by atoms with E-state index < -0.39 is 5.41 Å². The van der Waals surface area contributed by atoms with Gasteiger partial charge in [0.2, 0.25) is 5.91 Å². The van der Waals surface area contributed by atoms with E-state index in [0.29, 0.717) is 18.8 Å². The molecule has 18 heavy (non-hydrogen) atoms. The Morgan fingerprint density at radius 2 is 2.28 bits per heavy atom. The topological polar surface area (TPSA) is 92.6 Å². The molecule has 2 rings (SSSR count). The zero-order chi connectivity index (χ0) is 13.3. The molecular formula is C13H19N3O2. The molecule has 0 spiro atoms. The van der Waals surface area contributed by atoms with Crippen LogP contribution in [0.2, 0.25) is 0 Å². The molecule has 98 valence electrons. The number of likely N-dealkylation sites (tertiary alicyclic amines) is 1. The first-order valence-corrected chi connectivity index (χ1v) is 6.00. The zero-order valence-corrected chi connectivity index (χ0v) is 10.5. The van der Waals surface area contributed by atoms with Crippen LogP contribution in [0.1, 0.15) is 18.9 Å². The van der Waals surface area contributed by atoms with Crippen molar-refractivity contribution in [3.8, 4) is 5.75 Å². The minimum atomic E-state index is -0.428. The summed E-state index contributed by atoms with van der Waals surface area (Å²) in [5.74, 6) is -0.141. The number of benzene rings is 1. The van der Waals surface area contributed by atoms with Gasteiger partial charge < -0.3 is 16.6 Å². The molecule has 0 aromatic heterocycles. The number of carbonyl (C=O) groups excluding carboxylic acids is 1. The summed E-state index contributed by atoms with van der Waals surface area (Å²) in [6.45, 7) is 4.14. The number of anilines is 1. The van der Waals surface area contributed by atoms with Gasteiger partial charge in [-0.2, -0.15) is 0 Å². The van der Waals surface area contributed by atoms with Crippen LogP contribution in [-0.4, -0.2) is 29.0 Å². The molecule has 1 fully saturated rings. The summed E-state index contributed by atoms with van der Waals surface area (Å²) < 4.78 is 0. The zero-order valence-electron chi connectivity index (χ0n) is 10.5. The number of nitrogen functional groups attached to an aromatic ring is 1. The van der Waals surface area contributed by atoms with Gasteiger partial charge in [0, 0.05) is 13.1 Å². The monoisotopic (exact) mass is 249 g/mol. The average molecular weight is 249 g/mol. The van der Waals surface area contributed by atoms with Gasteiger partial charge in [0.05, 0.1) is 11.1 Å². The van der Waals surface area contributed by atoms with E-state index in [1.807, 2.05) is 13.0 Å². The van der Waals surface area contributed by atoms with Crippen molar-refractivity contribution in [1.82, 2.24) is 4.90 Å². The highest BCUT2D eigenvalue weighted by atomic mass is 16.3. The molecule has 0 radical (unpaired) electrons. The fourth-order valence-electron chi connectivity index (χ4n) is 2.35. The summed E-state index contributed by atoms with van der Waals surface area (Å²) in [7, 11) is 0. The second kappa shape index (κ2) is 4.49. The molecule has 1 amide bonds. The van der Waals surface area contributed by atoms with Crippen LogP contribution in [0.3, 0.4) is 0 Å². The lowest BCUT2D eigenvalue weighted by molar-refractivity contribution is -0.126. The maximum atomic E-state index is 11.4. The number of aromatic hydroxyl groups is 1. The van der Waals surface area contributed by atoms with Crippen molar-refractivity contribution in [2.24, 2.45) is 11.1 Å². The van der Waals surface area contributed by atoms with Crippen molar-refractivity contribution in [2.45, 2.75) is 19.9 Å². The summed E-state index contributed by atoms with van der Waals surface area (Å²) in [6.07, 6.45) is 0.788. The SMILES string of the molecule is CC1(C(N)=O)CCN(Cc2ccc(O)c(N)c2)C1. The Labute approximate surface area is 106 Å². The summed E-state index contributed by atoms with van der Waals surface area (Å²) in [4.78, 5) is 13.5. The number of nitrogens with zero attached hydrogens (tertiary/aromatic N) is 1. The van der Waals surface area contributed by atoms with Crippen molar-refractivity contribution in [1.29, 1.82) is 0 Å². The highest BCUT2D eigenvalue weighted by Gasteiger charge is 2.38. The molecule has 5 N–H and O–H groups in total. The molecule has 1 unspecified atom stereocenters. The van der Waals surface area contributed by atoms with Crippen LogP contribution in [0.5, 0.6) is 5.75 Å². The highest BCUT2D eigenvalue weighted by Crippen LogP contribution is 2.31. The van der Waals surface area contributed by atoms with E-state index in [9.17, 15) is 9.90 Å². The van der Waals surface area contributed by atoms with E-state index in [2.05, 4.69) is 4.90 Å². The number of carbonyl (C=O) groups is 1. The van der Waals surface area contributed by atoms with Crippen LogP contribution in [-0.2, 0) is 11.3 Å². The molecular weight excluding hydrogens is 230 g/mol. The van der Waals surface area contributed by atoms with Gasteiger partial charge in [-0.05, 0) is 37.6 Å². The standard InChI is InChI=1S/C13H19N3O2/c1-13(12(15)18)4-5-16(8-13)7-9-2-3-11(17)10(14)6-9/h2-3,6,17H,4-5,7-8,14H2,1H3,(H2,15,18). The third kappa shape index (κ3) is 2.41. The third-order valence-corrected chi connectivity index (χ3v) is 3.65. The van der Waals surface area contributed by atoms with Gasteiger partial charge in [0.1, 0.15) is 5.75 Å². The predicted molar refractivity (Wildman–Crippen MR) is 69.7 cm³/mol. The Balaban J connectivity index is 2.03. The number of hydrogen-bond acceptors (Lipinski definition) is 4. The van der Waals surface area contributed by atoms with E-state index in [-0.39, 0.29) is 11.7 Å². The number of hydrogen-bond donors (Lipinski definition) is 3. The number of nitrogens with two attached hydrogens (primary N) is 2. The Morgan fingerprint density at radius 3 is 2.83 bits per heavy atom. The van der Waals surface area contributed by atoms with Crippen molar-refractivity contribution >= 4 is 11.6 Å². The largest absolute Gasteiger partial charge is 0.506 e. The van der Waals surface area contributed by atoms with Crippen LogP contribution >= 0.6 is 0 Å². The van der Waals surface area contributed by atoms with E-state index in [0.717, 1.165) is 18.5 Å². The molecule has 0 saturated carbocycles. The van der Waals surface area contributed by atoms with Gasteiger partial charge in [0.25, 0.3) is 0 Å². The molecule has 1 aliphatic rings. The summed E-state index contributed by atoms with van der Waals surface area (Å²) in [6, 6.07) is 5.19. The first-order valence-electron chi connectivity index (χ1n) is 6.00. The van der Waals surface area contributed by atoms with Crippen molar-refractivity contribution < 1.29 is 9.90 Å². The van der Waals surface area contributed by atoms with E-state index >= 15 is 0 Å². The number of amides is 1. The molecule has 5 heteroatoms. The van der Waals surface area contributed by atoms with Gasteiger partial charge in [-0.25, -0.2) is 0 Å². The minimum absolute atomic E-state index is 0.0992. The molecule has 5 nitrogen and oxygen atoms in total. The van der Waals surface area contributed by atoms with Crippen molar-refractivity contribution in [3.05, 3.63) is 23.8 Å².